The summed E-state index contributed by atoms with van der Waals surface area (Å²) in [5.41, 5.74) is 4.95. The van der Waals surface area contributed by atoms with Crippen LogP contribution in [0.1, 0.15) is 132 Å². The third-order valence-electron chi connectivity index (χ3n) is 13.5. The highest BCUT2D eigenvalue weighted by Gasteiger charge is 2.43. The van der Waals surface area contributed by atoms with Crippen molar-refractivity contribution in [1.82, 2.24) is 36.4 Å². The quantitative estimate of drug-likeness (QED) is 0.125. The van der Waals surface area contributed by atoms with Gasteiger partial charge in [-0.15, -0.1) is 0 Å². The molecule has 6 rings (SSSR count). The first-order chi connectivity index (χ1) is 29.0. The normalized spacial score (nSPS) is 22.7. The van der Waals surface area contributed by atoms with E-state index in [0.29, 0.717) is 58.0 Å². The molecule has 2 saturated heterocycles. The minimum Gasteiger partial charge on any atom is -0.347 e. The molecular formula is C47H67N7O6. The predicted octanol–water partition coefficient (Wildman–Crippen LogP) is 3.99. The van der Waals surface area contributed by atoms with Crippen LogP contribution in [-0.2, 0) is 41.6 Å². The largest absolute Gasteiger partial charge is 0.347 e. The fourth-order valence-corrected chi connectivity index (χ4v) is 9.35. The second kappa shape index (κ2) is 21.3. The van der Waals surface area contributed by atoms with E-state index in [4.69, 9.17) is 0 Å². The number of benzene rings is 2. The van der Waals surface area contributed by atoms with Crippen LogP contribution in [-0.4, -0.2) is 109 Å². The fraction of sp³-hybridized carbons (Fsp3) is 0.617. The minimum atomic E-state index is -0.779. The van der Waals surface area contributed by atoms with Gasteiger partial charge in [-0.25, -0.2) is 0 Å². The van der Waals surface area contributed by atoms with Crippen molar-refractivity contribution in [1.29, 1.82) is 0 Å². The summed E-state index contributed by atoms with van der Waals surface area (Å²) in [7, 11) is 3.39. The molecule has 4 aliphatic rings. The SMILES string of the molecule is CN[C@@H](C)C(=O)N[C@@H](CCCCCC[C@H](NC(=O)[C@H](C)NC)C(=O)N1CC[C@H]1C(=O)N[C@@H]1CCCc2ccccc21)C(=O)N1CC[C@H]1C(=O)C[C@@H]1CCCc2ccccc21. The molecule has 0 radical (unpaired) electrons. The van der Waals surface area contributed by atoms with Gasteiger partial charge in [0.05, 0.1) is 24.2 Å². The lowest BCUT2D eigenvalue weighted by Gasteiger charge is -2.42. The van der Waals surface area contributed by atoms with Crippen LogP contribution in [0.3, 0.4) is 0 Å². The zero-order valence-electron chi connectivity index (χ0n) is 36.1. The highest BCUT2D eigenvalue weighted by atomic mass is 16.2. The number of aryl methyl sites for hydroxylation is 2. The van der Waals surface area contributed by atoms with E-state index in [1.165, 1.54) is 16.7 Å². The first kappa shape index (κ1) is 44.9. The number of amides is 5. The first-order valence-corrected chi connectivity index (χ1v) is 22.6. The zero-order valence-corrected chi connectivity index (χ0v) is 36.1. The third-order valence-corrected chi connectivity index (χ3v) is 13.5. The third kappa shape index (κ3) is 10.8. The molecule has 0 aromatic heterocycles. The molecule has 0 bridgehead atoms. The van der Waals surface area contributed by atoms with Crippen LogP contribution in [0.15, 0.2) is 48.5 Å². The van der Waals surface area contributed by atoms with Crippen LogP contribution < -0.4 is 26.6 Å². The molecule has 60 heavy (non-hydrogen) atoms. The highest BCUT2D eigenvalue weighted by Crippen LogP contribution is 2.36. The summed E-state index contributed by atoms with van der Waals surface area (Å²) in [5, 5.41) is 15.0. The zero-order chi connectivity index (χ0) is 42.8. The molecule has 2 heterocycles. The minimum absolute atomic E-state index is 0.0817. The van der Waals surface area contributed by atoms with Crippen LogP contribution in [0.5, 0.6) is 0 Å². The fourth-order valence-electron chi connectivity index (χ4n) is 9.35. The molecular weight excluding hydrogens is 759 g/mol. The van der Waals surface area contributed by atoms with Gasteiger partial charge in [-0.3, -0.25) is 28.8 Å². The molecule has 8 atom stereocenters. The summed E-state index contributed by atoms with van der Waals surface area (Å²) < 4.78 is 0. The molecule has 2 aromatic rings. The van der Waals surface area contributed by atoms with E-state index < -0.39 is 36.3 Å². The standard InChI is InChI=1S/C47H67N7O6/c1-30(48-3)43(56)51-38(46(59)53-27-25-40(53)42(55)29-34-19-13-17-32-15-9-11-20-35(32)34)22-7-5-6-8-23-39(52-44(57)31(2)49-4)47(60)54-28-26-41(54)45(58)50-37-24-14-18-33-16-10-12-21-36(33)37/h9-12,15-16,20-21,30-31,34,37-41,48-49H,5-8,13-14,17-19,22-29H2,1-4H3,(H,50,58)(H,51,56)(H,52,57)/t30-,31-,34-,37+,38-,39-,40-,41-/m0/s1. The summed E-state index contributed by atoms with van der Waals surface area (Å²) >= 11 is 0. The number of carbonyl (C=O) groups excluding carboxylic acids is 6. The summed E-state index contributed by atoms with van der Waals surface area (Å²) in [6.07, 6.45) is 11.1. The van der Waals surface area contributed by atoms with E-state index >= 15 is 0 Å². The van der Waals surface area contributed by atoms with Gasteiger partial charge in [-0.1, -0.05) is 74.2 Å². The molecule has 5 amide bonds. The number of hydrogen-bond donors (Lipinski definition) is 5. The predicted molar refractivity (Wildman–Crippen MR) is 231 cm³/mol. The van der Waals surface area contributed by atoms with Crippen LogP contribution in [0.2, 0.25) is 0 Å². The maximum absolute atomic E-state index is 14.0. The number of nitrogens with one attached hydrogen (secondary N) is 5. The van der Waals surface area contributed by atoms with E-state index in [0.717, 1.165) is 56.9 Å². The van der Waals surface area contributed by atoms with Gasteiger partial charge in [0.1, 0.15) is 18.1 Å². The molecule has 2 aliphatic heterocycles. The second-order valence-electron chi connectivity index (χ2n) is 17.4. The molecule has 0 saturated carbocycles. The van der Waals surface area contributed by atoms with E-state index in [9.17, 15) is 28.8 Å². The molecule has 2 fully saturated rings. The van der Waals surface area contributed by atoms with Crippen molar-refractivity contribution in [3.8, 4) is 0 Å². The summed E-state index contributed by atoms with van der Waals surface area (Å²) in [5.74, 6) is -0.921. The lowest BCUT2D eigenvalue weighted by molar-refractivity contribution is -0.150. The van der Waals surface area contributed by atoms with Gasteiger partial charge < -0.3 is 36.4 Å². The Bertz CT molecular complexity index is 1720. The van der Waals surface area contributed by atoms with Crippen LogP contribution in [0.4, 0.5) is 0 Å². The Labute approximate surface area is 355 Å². The first-order valence-electron chi connectivity index (χ1n) is 22.6. The topological polar surface area (TPSA) is 169 Å². The van der Waals surface area contributed by atoms with Gasteiger partial charge in [0.15, 0.2) is 5.78 Å². The molecule has 0 unspecified atom stereocenters. The van der Waals surface area contributed by atoms with E-state index in [2.05, 4.69) is 50.8 Å². The van der Waals surface area contributed by atoms with Crippen molar-refractivity contribution in [3.05, 3.63) is 70.8 Å². The Morgan fingerprint density at radius 2 is 1.13 bits per heavy atom. The average molecular weight is 826 g/mol. The summed E-state index contributed by atoms with van der Waals surface area (Å²) in [6, 6.07) is 12.9. The lowest BCUT2D eigenvalue weighted by atomic mass is 9.78. The maximum atomic E-state index is 14.0. The number of rotatable bonds is 20. The van der Waals surface area contributed by atoms with Gasteiger partial charge in [0.25, 0.3) is 0 Å². The number of hydrogen-bond acceptors (Lipinski definition) is 8. The van der Waals surface area contributed by atoms with Crippen molar-refractivity contribution in [2.45, 2.75) is 158 Å². The maximum Gasteiger partial charge on any atom is 0.245 e. The summed E-state index contributed by atoms with van der Waals surface area (Å²) in [4.78, 5) is 84.5. The molecule has 13 nitrogen and oxygen atoms in total. The van der Waals surface area contributed by atoms with Crippen molar-refractivity contribution >= 4 is 35.3 Å². The van der Waals surface area contributed by atoms with Crippen LogP contribution >= 0.6 is 0 Å². The Morgan fingerprint density at radius 3 is 1.67 bits per heavy atom. The number of likely N-dealkylation sites (N-methyl/N-ethyl adjacent to an activating group) is 2. The van der Waals surface area contributed by atoms with E-state index in [-0.39, 0.29) is 47.3 Å². The lowest BCUT2D eigenvalue weighted by Crippen LogP contribution is -2.63. The number of likely N-dealkylation sites (tertiary alicyclic amines) is 2. The molecule has 5 N–H and O–H groups in total. The van der Waals surface area contributed by atoms with E-state index in [1.54, 1.807) is 37.7 Å². The molecule has 326 valence electrons. The van der Waals surface area contributed by atoms with Gasteiger partial charge in [-0.2, -0.15) is 0 Å². The van der Waals surface area contributed by atoms with Gasteiger partial charge >= 0.3 is 0 Å². The van der Waals surface area contributed by atoms with Crippen LogP contribution in [0.25, 0.3) is 0 Å². The Balaban J connectivity index is 1.01. The highest BCUT2D eigenvalue weighted by molar-refractivity contribution is 5.95. The molecule has 0 spiro atoms. The van der Waals surface area contributed by atoms with Crippen molar-refractivity contribution in [2.24, 2.45) is 0 Å². The van der Waals surface area contributed by atoms with Gasteiger partial charge in [0.2, 0.25) is 29.5 Å². The smallest absolute Gasteiger partial charge is 0.245 e. The average Bonchev–Trinajstić information content (AvgIpc) is 3.22. The Hall–Kier alpha value is -4.62. The number of nitrogens with zero attached hydrogens (tertiary/aromatic N) is 2. The van der Waals surface area contributed by atoms with Crippen molar-refractivity contribution in [3.63, 3.8) is 0 Å². The summed E-state index contributed by atoms with van der Waals surface area (Å²) in [6.45, 7) is 4.43. The molecule has 13 heteroatoms. The Kier molecular flexibility index (Phi) is 15.9. The number of unbranched alkanes of at least 4 members (excludes halogenated alkanes) is 3. The van der Waals surface area contributed by atoms with Gasteiger partial charge in [-0.05, 0) is 120 Å². The second-order valence-corrected chi connectivity index (χ2v) is 17.4. The monoisotopic (exact) mass is 826 g/mol. The number of fused-ring (bicyclic) bond motifs is 2. The Morgan fingerprint density at radius 1 is 0.633 bits per heavy atom. The van der Waals surface area contributed by atoms with Crippen molar-refractivity contribution in [2.75, 3.05) is 27.2 Å². The number of Topliss-reactive ketones (excluding diaryl/α,β-unsaturated/α-hetero) is 1. The number of carbonyl (C=O) groups is 6. The molecule has 2 aliphatic carbocycles. The van der Waals surface area contributed by atoms with E-state index in [1.807, 2.05) is 24.3 Å². The number of ketones is 1. The van der Waals surface area contributed by atoms with Crippen molar-refractivity contribution < 1.29 is 28.8 Å². The van der Waals surface area contributed by atoms with Gasteiger partial charge in [0, 0.05) is 19.5 Å². The van der Waals surface area contributed by atoms with Crippen LogP contribution in [0, 0.1) is 0 Å². The molecule has 2 aromatic carbocycles.